The molecule has 0 amide bonds. The van der Waals surface area contributed by atoms with Crippen LogP contribution in [-0.2, 0) is 13.0 Å². The van der Waals surface area contributed by atoms with E-state index in [4.69, 9.17) is 15.2 Å². The topological polar surface area (TPSA) is 62.3 Å². The highest BCUT2D eigenvalue weighted by Crippen LogP contribution is 2.28. The number of nitrogens with two attached hydrogens (primary N) is 1. The van der Waals surface area contributed by atoms with Gasteiger partial charge in [0.15, 0.2) is 11.5 Å². The number of ether oxygens (including phenoxy) is 2. The van der Waals surface area contributed by atoms with Crippen LogP contribution in [0.5, 0.6) is 11.5 Å². The molecular formula is C19H21N3O2. The molecule has 0 aliphatic rings. The molecule has 1 heterocycles. The fraction of sp³-hybridized carbons (Fsp3) is 0.211. The van der Waals surface area contributed by atoms with E-state index in [2.05, 4.69) is 9.55 Å². The molecule has 5 nitrogen and oxygen atoms in total. The largest absolute Gasteiger partial charge is 0.493 e. The Balaban J connectivity index is 1.79. The molecule has 0 atom stereocenters. The van der Waals surface area contributed by atoms with Crippen LogP contribution in [-0.4, -0.2) is 23.8 Å². The number of imidazole rings is 1. The molecule has 5 heteroatoms. The smallest absolute Gasteiger partial charge is 0.161 e. The highest BCUT2D eigenvalue weighted by molar-refractivity contribution is 5.43. The first kappa shape index (κ1) is 15.9. The van der Waals surface area contributed by atoms with Crippen molar-refractivity contribution in [1.29, 1.82) is 0 Å². The summed E-state index contributed by atoms with van der Waals surface area (Å²) in [5.74, 6) is 2.46. The number of rotatable bonds is 6. The molecule has 0 aliphatic carbocycles. The molecule has 0 radical (unpaired) electrons. The van der Waals surface area contributed by atoms with Crippen LogP contribution >= 0.6 is 0 Å². The lowest BCUT2D eigenvalue weighted by molar-refractivity contribution is 0.354. The van der Waals surface area contributed by atoms with Gasteiger partial charge < -0.3 is 19.8 Å². The zero-order valence-electron chi connectivity index (χ0n) is 13.9. The highest BCUT2D eigenvalue weighted by atomic mass is 16.5. The Morgan fingerprint density at radius 1 is 0.958 bits per heavy atom. The fourth-order valence-electron chi connectivity index (χ4n) is 2.64. The van der Waals surface area contributed by atoms with Gasteiger partial charge in [-0.25, -0.2) is 4.98 Å². The Morgan fingerprint density at radius 3 is 2.38 bits per heavy atom. The van der Waals surface area contributed by atoms with Crippen LogP contribution in [0.4, 0.5) is 5.69 Å². The van der Waals surface area contributed by atoms with Crippen LogP contribution in [0.1, 0.15) is 17.0 Å². The van der Waals surface area contributed by atoms with Gasteiger partial charge in [0.2, 0.25) is 0 Å². The van der Waals surface area contributed by atoms with Crippen molar-refractivity contribution in [2.24, 2.45) is 0 Å². The van der Waals surface area contributed by atoms with Crippen LogP contribution < -0.4 is 15.2 Å². The van der Waals surface area contributed by atoms with Crippen LogP contribution in [0.25, 0.3) is 0 Å². The lowest BCUT2D eigenvalue weighted by atomic mass is 10.1. The number of aromatic nitrogens is 2. The van der Waals surface area contributed by atoms with E-state index < -0.39 is 0 Å². The van der Waals surface area contributed by atoms with E-state index >= 15 is 0 Å². The third-order valence-corrected chi connectivity index (χ3v) is 3.94. The van der Waals surface area contributed by atoms with Gasteiger partial charge in [-0.15, -0.1) is 0 Å². The minimum atomic E-state index is 0.725. The van der Waals surface area contributed by atoms with E-state index in [1.165, 1.54) is 5.56 Å². The first-order valence-corrected chi connectivity index (χ1v) is 7.75. The van der Waals surface area contributed by atoms with Crippen molar-refractivity contribution >= 4 is 5.69 Å². The molecule has 0 unspecified atom stereocenters. The Bertz CT molecular complexity index is 810. The summed E-state index contributed by atoms with van der Waals surface area (Å²) in [5.41, 5.74) is 8.83. The van der Waals surface area contributed by atoms with Gasteiger partial charge in [-0.3, -0.25) is 0 Å². The maximum absolute atomic E-state index is 5.74. The summed E-state index contributed by atoms with van der Waals surface area (Å²) in [6.07, 6.45) is 4.54. The van der Waals surface area contributed by atoms with Crippen LogP contribution in [0.3, 0.4) is 0 Å². The molecule has 24 heavy (non-hydrogen) atoms. The molecule has 2 aromatic carbocycles. The molecule has 3 rings (SSSR count). The lowest BCUT2D eigenvalue weighted by Crippen LogP contribution is -2.05. The quantitative estimate of drug-likeness (QED) is 0.708. The van der Waals surface area contributed by atoms with Crippen molar-refractivity contribution in [2.45, 2.75) is 13.0 Å². The molecule has 2 N–H and O–H groups in total. The summed E-state index contributed by atoms with van der Waals surface area (Å²) < 4.78 is 12.8. The highest BCUT2D eigenvalue weighted by Gasteiger charge is 2.09. The van der Waals surface area contributed by atoms with Gasteiger partial charge >= 0.3 is 0 Å². The summed E-state index contributed by atoms with van der Waals surface area (Å²) in [6.45, 7) is 0.767. The third-order valence-electron chi connectivity index (χ3n) is 3.94. The first-order chi connectivity index (χ1) is 11.7. The van der Waals surface area contributed by atoms with E-state index in [1.807, 2.05) is 54.9 Å². The number of hydrogen-bond acceptors (Lipinski definition) is 4. The molecule has 1 aromatic heterocycles. The van der Waals surface area contributed by atoms with Crippen LogP contribution in [0.2, 0.25) is 0 Å². The molecule has 0 aliphatic heterocycles. The zero-order chi connectivity index (χ0) is 16.9. The van der Waals surface area contributed by atoms with E-state index in [1.54, 1.807) is 14.2 Å². The van der Waals surface area contributed by atoms with E-state index in [-0.39, 0.29) is 0 Å². The van der Waals surface area contributed by atoms with Crippen LogP contribution in [0, 0.1) is 0 Å². The number of nitrogen functional groups attached to an aromatic ring is 1. The van der Waals surface area contributed by atoms with Crippen molar-refractivity contribution in [1.82, 2.24) is 9.55 Å². The van der Waals surface area contributed by atoms with Gasteiger partial charge in [-0.1, -0.05) is 18.2 Å². The molecule has 124 valence electrons. The average Bonchev–Trinajstić information content (AvgIpc) is 3.03. The minimum Gasteiger partial charge on any atom is -0.493 e. The molecule has 3 aromatic rings. The molecule has 0 spiro atoms. The maximum Gasteiger partial charge on any atom is 0.161 e. The molecule has 0 saturated carbocycles. The summed E-state index contributed by atoms with van der Waals surface area (Å²) >= 11 is 0. The normalized spacial score (nSPS) is 10.6. The monoisotopic (exact) mass is 323 g/mol. The first-order valence-electron chi connectivity index (χ1n) is 7.75. The number of anilines is 1. The van der Waals surface area contributed by atoms with Crippen molar-refractivity contribution in [3.05, 3.63) is 71.8 Å². The maximum atomic E-state index is 5.74. The Hall–Kier alpha value is -2.95. The van der Waals surface area contributed by atoms with E-state index in [0.717, 1.165) is 41.5 Å². The Morgan fingerprint density at radius 2 is 1.67 bits per heavy atom. The summed E-state index contributed by atoms with van der Waals surface area (Å²) in [4.78, 5) is 4.49. The second kappa shape index (κ2) is 7.08. The summed E-state index contributed by atoms with van der Waals surface area (Å²) in [6, 6.07) is 13.8. The standard InChI is InChI=1S/C19H21N3O2/c1-23-17-8-5-15(11-18(17)24-2)12-19-21-9-10-22(19)13-14-3-6-16(20)7-4-14/h3-11H,12-13,20H2,1-2H3. The van der Waals surface area contributed by atoms with Crippen molar-refractivity contribution < 1.29 is 9.47 Å². The summed E-state index contributed by atoms with van der Waals surface area (Å²) in [5, 5.41) is 0. The van der Waals surface area contributed by atoms with Gasteiger partial charge in [-0.2, -0.15) is 0 Å². The van der Waals surface area contributed by atoms with Gasteiger partial charge in [0.25, 0.3) is 0 Å². The SMILES string of the molecule is COc1ccc(Cc2nccn2Cc2ccc(N)cc2)cc1OC. The third kappa shape index (κ3) is 3.51. The minimum absolute atomic E-state index is 0.725. The summed E-state index contributed by atoms with van der Waals surface area (Å²) in [7, 11) is 3.28. The number of nitrogens with zero attached hydrogens (tertiary/aromatic N) is 2. The predicted octanol–water partition coefficient (Wildman–Crippen LogP) is 3.12. The molecule has 0 fully saturated rings. The van der Waals surface area contributed by atoms with Crippen molar-refractivity contribution in [3.8, 4) is 11.5 Å². The average molecular weight is 323 g/mol. The van der Waals surface area contributed by atoms with Gasteiger partial charge in [0.05, 0.1) is 14.2 Å². The number of methoxy groups -OCH3 is 2. The Labute approximate surface area is 141 Å². The van der Waals surface area contributed by atoms with Crippen molar-refractivity contribution in [3.63, 3.8) is 0 Å². The lowest BCUT2D eigenvalue weighted by Gasteiger charge is -2.11. The van der Waals surface area contributed by atoms with Gasteiger partial charge in [0, 0.05) is 31.0 Å². The van der Waals surface area contributed by atoms with Crippen molar-refractivity contribution in [2.75, 3.05) is 20.0 Å². The fourth-order valence-corrected chi connectivity index (χ4v) is 2.64. The van der Waals surface area contributed by atoms with E-state index in [9.17, 15) is 0 Å². The number of hydrogen-bond donors (Lipinski definition) is 1. The molecular weight excluding hydrogens is 302 g/mol. The van der Waals surface area contributed by atoms with Gasteiger partial charge in [-0.05, 0) is 35.4 Å². The zero-order valence-corrected chi connectivity index (χ0v) is 13.9. The predicted molar refractivity (Wildman–Crippen MR) is 94.5 cm³/mol. The molecule has 0 saturated heterocycles. The number of benzene rings is 2. The second-order valence-corrected chi connectivity index (χ2v) is 5.58. The van der Waals surface area contributed by atoms with E-state index in [0.29, 0.717) is 0 Å². The van der Waals surface area contributed by atoms with Crippen LogP contribution in [0.15, 0.2) is 54.9 Å². The second-order valence-electron chi connectivity index (χ2n) is 5.58. The molecule has 0 bridgehead atoms. The Kier molecular flexibility index (Phi) is 4.70. The van der Waals surface area contributed by atoms with Gasteiger partial charge in [0.1, 0.15) is 5.82 Å².